The average molecular weight is 293 g/mol. The monoisotopic (exact) mass is 293 g/mol. The van der Waals surface area contributed by atoms with Gasteiger partial charge in [-0.15, -0.1) is 11.3 Å². The van der Waals surface area contributed by atoms with Crippen molar-refractivity contribution >= 4 is 27.2 Å². The maximum atomic E-state index is 9.05. The summed E-state index contributed by atoms with van der Waals surface area (Å²) in [5.41, 5.74) is 1.38. The van der Waals surface area contributed by atoms with Gasteiger partial charge >= 0.3 is 0 Å². The third-order valence-corrected chi connectivity index (χ3v) is 4.74. The Morgan fingerprint density at radius 2 is 2.05 bits per heavy atom. The quantitative estimate of drug-likeness (QED) is 0.764. The number of hydrogen-bond donors (Lipinski definition) is 1. The molecule has 1 unspecified atom stereocenters. The average Bonchev–Trinajstić information content (AvgIpc) is 2.93. The van der Waals surface area contributed by atoms with Gasteiger partial charge < -0.3 is 5.32 Å². The Morgan fingerprint density at radius 3 is 2.81 bits per heavy atom. The van der Waals surface area contributed by atoms with E-state index < -0.39 is 0 Å². The Kier molecular flexibility index (Phi) is 3.59. The number of nitrogens with one attached hydrogen (secondary N) is 1. The first-order chi connectivity index (χ1) is 10.2. The molecular formula is C17H15N3S. The van der Waals surface area contributed by atoms with Crippen LogP contribution >= 0.6 is 11.3 Å². The van der Waals surface area contributed by atoms with Crippen LogP contribution in [0.3, 0.4) is 0 Å². The van der Waals surface area contributed by atoms with Gasteiger partial charge in [-0.2, -0.15) is 5.26 Å². The molecule has 0 bridgehead atoms. The van der Waals surface area contributed by atoms with Gasteiger partial charge in [0.2, 0.25) is 0 Å². The number of hydrogen-bond acceptors (Lipinski definition) is 4. The van der Waals surface area contributed by atoms with E-state index in [2.05, 4.69) is 53.6 Å². The molecule has 104 valence electrons. The van der Waals surface area contributed by atoms with Crippen molar-refractivity contribution in [2.24, 2.45) is 0 Å². The minimum absolute atomic E-state index is 0.157. The number of nitrogens with zero attached hydrogens (tertiary/aromatic N) is 2. The fraction of sp³-hybridized carbons (Fsp3) is 0.176. The highest BCUT2D eigenvalue weighted by atomic mass is 32.1. The van der Waals surface area contributed by atoms with Gasteiger partial charge in [0.25, 0.3) is 0 Å². The van der Waals surface area contributed by atoms with E-state index in [1.165, 1.54) is 15.0 Å². The van der Waals surface area contributed by atoms with Crippen molar-refractivity contribution in [3.63, 3.8) is 0 Å². The smallest absolute Gasteiger partial charge is 0.145 e. The van der Waals surface area contributed by atoms with Crippen LogP contribution in [-0.2, 0) is 0 Å². The molecule has 1 N–H and O–H groups in total. The summed E-state index contributed by atoms with van der Waals surface area (Å²) >= 11 is 1.78. The molecule has 3 rings (SSSR count). The lowest BCUT2D eigenvalue weighted by Crippen LogP contribution is -2.07. The van der Waals surface area contributed by atoms with E-state index in [-0.39, 0.29) is 6.04 Å². The largest absolute Gasteiger partial charge is 0.363 e. The maximum Gasteiger partial charge on any atom is 0.145 e. The van der Waals surface area contributed by atoms with E-state index in [0.717, 1.165) is 11.4 Å². The number of pyridine rings is 1. The van der Waals surface area contributed by atoms with Crippen molar-refractivity contribution in [1.82, 2.24) is 4.98 Å². The molecule has 0 spiro atoms. The van der Waals surface area contributed by atoms with Crippen molar-refractivity contribution in [2.45, 2.75) is 19.9 Å². The van der Waals surface area contributed by atoms with Crippen LogP contribution in [-0.4, -0.2) is 4.98 Å². The minimum Gasteiger partial charge on any atom is -0.363 e. The summed E-state index contributed by atoms with van der Waals surface area (Å²) in [4.78, 5) is 5.60. The molecule has 0 saturated carbocycles. The standard InChI is InChI=1S/C17H15N3S/c1-11-7-8-17(20-14(11)10-18)19-12(2)16-9-13-5-3-4-6-15(13)21-16/h3-9,12H,1-2H3,(H,19,20). The van der Waals surface area contributed by atoms with Crippen LogP contribution < -0.4 is 5.32 Å². The molecule has 3 aromatic rings. The highest BCUT2D eigenvalue weighted by Crippen LogP contribution is 2.31. The Morgan fingerprint density at radius 1 is 1.24 bits per heavy atom. The molecule has 0 aliphatic rings. The zero-order valence-electron chi connectivity index (χ0n) is 11.9. The predicted octanol–water partition coefficient (Wildman–Crippen LogP) is 4.65. The van der Waals surface area contributed by atoms with E-state index in [0.29, 0.717) is 5.69 Å². The Hall–Kier alpha value is -2.38. The summed E-state index contributed by atoms with van der Waals surface area (Å²) in [5.74, 6) is 0.738. The minimum atomic E-state index is 0.157. The summed E-state index contributed by atoms with van der Waals surface area (Å²) in [7, 11) is 0. The van der Waals surface area contributed by atoms with Crippen molar-refractivity contribution in [2.75, 3.05) is 5.32 Å². The summed E-state index contributed by atoms with van der Waals surface area (Å²) in [6.07, 6.45) is 0. The molecule has 4 heteroatoms. The van der Waals surface area contributed by atoms with Crippen molar-refractivity contribution in [1.29, 1.82) is 5.26 Å². The van der Waals surface area contributed by atoms with Gasteiger partial charge in [0.05, 0.1) is 6.04 Å². The lowest BCUT2D eigenvalue weighted by molar-refractivity contribution is 0.895. The van der Waals surface area contributed by atoms with Crippen LogP contribution in [0.4, 0.5) is 5.82 Å². The van der Waals surface area contributed by atoms with E-state index >= 15 is 0 Å². The van der Waals surface area contributed by atoms with Gasteiger partial charge in [0.1, 0.15) is 17.6 Å². The van der Waals surface area contributed by atoms with Crippen LogP contribution in [0.15, 0.2) is 42.5 Å². The highest BCUT2D eigenvalue weighted by Gasteiger charge is 2.11. The number of fused-ring (bicyclic) bond motifs is 1. The fourth-order valence-corrected chi connectivity index (χ4v) is 3.30. The zero-order chi connectivity index (χ0) is 14.8. The lowest BCUT2D eigenvalue weighted by Gasteiger charge is -2.13. The maximum absolute atomic E-state index is 9.05. The van der Waals surface area contributed by atoms with Crippen LogP contribution in [0.1, 0.15) is 29.1 Å². The van der Waals surface area contributed by atoms with Gasteiger partial charge in [0.15, 0.2) is 0 Å². The molecular weight excluding hydrogens is 278 g/mol. The molecule has 0 amide bonds. The molecule has 0 radical (unpaired) electrons. The second-order valence-corrected chi connectivity index (χ2v) is 6.14. The fourth-order valence-electron chi connectivity index (χ4n) is 2.23. The highest BCUT2D eigenvalue weighted by molar-refractivity contribution is 7.19. The van der Waals surface area contributed by atoms with Gasteiger partial charge in [-0.05, 0) is 43.0 Å². The third-order valence-electron chi connectivity index (χ3n) is 3.44. The molecule has 0 fully saturated rings. The SMILES string of the molecule is Cc1ccc(NC(C)c2cc3ccccc3s2)nc1C#N. The second-order valence-electron chi connectivity index (χ2n) is 5.03. The van der Waals surface area contributed by atoms with Gasteiger partial charge in [-0.25, -0.2) is 4.98 Å². The van der Waals surface area contributed by atoms with Gasteiger partial charge in [0, 0.05) is 9.58 Å². The molecule has 2 heterocycles. The number of nitriles is 1. The topological polar surface area (TPSA) is 48.7 Å². The molecule has 0 saturated heterocycles. The van der Waals surface area contributed by atoms with E-state index in [4.69, 9.17) is 5.26 Å². The van der Waals surface area contributed by atoms with Crippen LogP contribution in [0, 0.1) is 18.3 Å². The van der Waals surface area contributed by atoms with Crippen LogP contribution in [0.2, 0.25) is 0 Å². The Bertz CT molecular complexity index is 796. The zero-order valence-corrected chi connectivity index (χ0v) is 12.7. The summed E-state index contributed by atoms with van der Waals surface area (Å²) in [5, 5.41) is 13.7. The van der Waals surface area contributed by atoms with E-state index in [1.54, 1.807) is 11.3 Å². The number of benzene rings is 1. The molecule has 1 aromatic carbocycles. The first-order valence-electron chi connectivity index (χ1n) is 6.80. The third kappa shape index (κ3) is 2.74. The van der Waals surface area contributed by atoms with Crippen molar-refractivity contribution in [3.8, 4) is 6.07 Å². The number of thiophene rings is 1. The summed E-state index contributed by atoms with van der Waals surface area (Å²) in [6, 6.07) is 16.7. The van der Waals surface area contributed by atoms with Crippen LogP contribution in [0.5, 0.6) is 0 Å². The first-order valence-corrected chi connectivity index (χ1v) is 7.62. The normalized spacial score (nSPS) is 12.0. The Balaban J connectivity index is 1.86. The summed E-state index contributed by atoms with van der Waals surface area (Å²) in [6.45, 7) is 4.00. The number of aromatic nitrogens is 1. The van der Waals surface area contributed by atoms with Gasteiger partial charge in [-0.1, -0.05) is 24.3 Å². The summed E-state index contributed by atoms with van der Waals surface area (Å²) < 4.78 is 1.29. The molecule has 0 aliphatic heterocycles. The Labute approximate surface area is 127 Å². The van der Waals surface area contributed by atoms with Crippen LogP contribution in [0.25, 0.3) is 10.1 Å². The molecule has 2 aromatic heterocycles. The van der Waals surface area contributed by atoms with E-state index in [1.807, 2.05) is 19.1 Å². The molecule has 0 aliphatic carbocycles. The molecule has 3 nitrogen and oxygen atoms in total. The predicted molar refractivity (Wildman–Crippen MR) is 87.6 cm³/mol. The van der Waals surface area contributed by atoms with Crippen molar-refractivity contribution < 1.29 is 0 Å². The molecule has 1 atom stereocenters. The number of aryl methyl sites for hydroxylation is 1. The molecule has 21 heavy (non-hydrogen) atoms. The van der Waals surface area contributed by atoms with Crippen molar-refractivity contribution in [3.05, 3.63) is 58.6 Å². The second kappa shape index (κ2) is 5.55. The first kappa shape index (κ1) is 13.6. The number of rotatable bonds is 3. The van der Waals surface area contributed by atoms with E-state index in [9.17, 15) is 0 Å². The van der Waals surface area contributed by atoms with Gasteiger partial charge in [-0.3, -0.25) is 0 Å². The lowest BCUT2D eigenvalue weighted by atomic mass is 10.2. The number of anilines is 1.